The van der Waals surface area contributed by atoms with Gasteiger partial charge in [0.2, 0.25) is 0 Å². The second-order valence-electron chi connectivity index (χ2n) is 7.01. The molecule has 0 saturated heterocycles. The number of fused-ring (bicyclic) bond motifs is 4. The molecule has 0 aliphatic carbocycles. The third-order valence-electron chi connectivity index (χ3n) is 5.46. The summed E-state index contributed by atoms with van der Waals surface area (Å²) in [5, 5.41) is 13.0. The maximum Gasteiger partial charge on any atom is 0.125 e. The van der Waals surface area contributed by atoms with E-state index in [2.05, 4.69) is 43.4 Å². The summed E-state index contributed by atoms with van der Waals surface area (Å²) < 4.78 is 5.66. The molecule has 0 spiro atoms. The lowest BCUT2D eigenvalue weighted by molar-refractivity contribution is 0.286. The normalized spacial score (nSPS) is 23.1. The highest BCUT2D eigenvalue weighted by Crippen LogP contribution is 2.55. The van der Waals surface area contributed by atoms with E-state index in [0.29, 0.717) is 11.5 Å². The van der Waals surface area contributed by atoms with Gasteiger partial charge in [-0.15, -0.1) is 11.8 Å². The van der Waals surface area contributed by atoms with Crippen LogP contribution >= 0.6 is 11.8 Å². The fourth-order valence-electron chi connectivity index (χ4n) is 4.07. The van der Waals surface area contributed by atoms with Crippen LogP contribution in [0.25, 0.3) is 0 Å². The lowest BCUT2D eigenvalue weighted by Gasteiger charge is -2.49. The highest BCUT2D eigenvalue weighted by atomic mass is 32.2. The number of benzene rings is 2. The summed E-state index contributed by atoms with van der Waals surface area (Å²) >= 11 is 1.92. The standard InChI is InChI=1S/C20H20N2OS/c1-20(2)13-8-7-12(10-21)9-15(13)22-19-14(20)11-24-17-6-4-5-16(23-3)18(17)19/h4-9,14,19,22H,11H2,1-3H3/t14-,19-/m0/s1. The monoisotopic (exact) mass is 336 g/mol. The molecule has 0 unspecified atom stereocenters. The molecule has 0 saturated carbocycles. The maximum absolute atomic E-state index is 9.24. The lowest BCUT2D eigenvalue weighted by Crippen LogP contribution is -2.44. The van der Waals surface area contributed by atoms with Crippen molar-refractivity contribution in [1.82, 2.24) is 0 Å². The SMILES string of the molecule is COc1cccc2c1[C@H]1Nc3cc(C#N)ccc3C(C)(C)[C@H]1CS2. The van der Waals surface area contributed by atoms with E-state index in [1.165, 1.54) is 16.0 Å². The van der Waals surface area contributed by atoms with Gasteiger partial charge < -0.3 is 10.1 Å². The number of nitrogens with one attached hydrogen (secondary N) is 1. The fourth-order valence-corrected chi connectivity index (χ4v) is 5.60. The smallest absolute Gasteiger partial charge is 0.125 e. The van der Waals surface area contributed by atoms with Crippen LogP contribution in [-0.2, 0) is 5.41 Å². The van der Waals surface area contributed by atoms with Crippen molar-refractivity contribution in [3.63, 3.8) is 0 Å². The van der Waals surface area contributed by atoms with Crippen LogP contribution in [0, 0.1) is 17.2 Å². The second kappa shape index (κ2) is 5.46. The molecule has 4 rings (SSSR count). The Balaban J connectivity index is 1.90. The number of ether oxygens (including phenoxy) is 1. The molecule has 0 amide bonds. The van der Waals surface area contributed by atoms with Crippen molar-refractivity contribution in [1.29, 1.82) is 5.26 Å². The molecule has 2 atom stereocenters. The topological polar surface area (TPSA) is 45.0 Å². The van der Waals surface area contributed by atoms with E-state index in [-0.39, 0.29) is 11.5 Å². The van der Waals surface area contributed by atoms with Gasteiger partial charge in [-0.05, 0) is 35.2 Å². The predicted molar refractivity (Wildman–Crippen MR) is 97.8 cm³/mol. The maximum atomic E-state index is 9.24. The molecule has 2 aliphatic heterocycles. The molecule has 0 aromatic heterocycles. The lowest BCUT2D eigenvalue weighted by atomic mass is 9.66. The fraction of sp³-hybridized carbons (Fsp3) is 0.350. The Bertz CT molecular complexity index is 839. The summed E-state index contributed by atoms with van der Waals surface area (Å²) in [6, 6.07) is 14.7. The molecule has 0 fully saturated rings. The van der Waals surface area contributed by atoms with Crippen LogP contribution in [0.3, 0.4) is 0 Å². The predicted octanol–water partition coefficient (Wildman–Crippen LogP) is 4.73. The molecular weight excluding hydrogens is 316 g/mol. The van der Waals surface area contributed by atoms with Crippen LogP contribution < -0.4 is 10.1 Å². The molecule has 24 heavy (non-hydrogen) atoms. The number of methoxy groups -OCH3 is 1. The van der Waals surface area contributed by atoms with Crippen LogP contribution in [0.2, 0.25) is 0 Å². The first kappa shape index (κ1) is 15.4. The minimum Gasteiger partial charge on any atom is -0.496 e. The first-order valence-corrected chi connectivity index (χ1v) is 9.15. The highest BCUT2D eigenvalue weighted by molar-refractivity contribution is 7.99. The molecule has 0 radical (unpaired) electrons. The van der Waals surface area contributed by atoms with Gasteiger partial charge in [0.05, 0.1) is 24.8 Å². The zero-order valence-corrected chi connectivity index (χ0v) is 14.9. The van der Waals surface area contributed by atoms with Crippen molar-refractivity contribution < 1.29 is 4.74 Å². The molecule has 4 heteroatoms. The number of nitrogens with zero attached hydrogens (tertiary/aromatic N) is 1. The van der Waals surface area contributed by atoms with Crippen molar-refractivity contribution >= 4 is 17.4 Å². The van der Waals surface area contributed by atoms with Gasteiger partial charge in [0.15, 0.2) is 0 Å². The molecule has 2 aliphatic rings. The Kier molecular flexibility index (Phi) is 3.51. The van der Waals surface area contributed by atoms with E-state index in [0.717, 1.165) is 17.2 Å². The molecule has 3 nitrogen and oxygen atoms in total. The molecule has 2 heterocycles. The molecule has 122 valence electrons. The number of nitriles is 1. The van der Waals surface area contributed by atoms with E-state index in [4.69, 9.17) is 4.74 Å². The molecule has 1 N–H and O–H groups in total. The van der Waals surface area contributed by atoms with Crippen LogP contribution in [0.15, 0.2) is 41.3 Å². The first-order chi connectivity index (χ1) is 11.6. The number of anilines is 1. The second-order valence-corrected chi connectivity index (χ2v) is 8.07. The summed E-state index contributed by atoms with van der Waals surface area (Å²) in [5.41, 5.74) is 4.35. The van der Waals surface area contributed by atoms with Crippen molar-refractivity contribution in [3.8, 4) is 11.8 Å². The van der Waals surface area contributed by atoms with Crippen LogP contribution in [0.4, 0.5) is 5.69 Å². The van der Waals surface area contributed by atoms with E-state index in [1.807, 2.05) is 30.0 Å². The van der Waals surface area contributed by atoms with Crippen LogP contribution in [-0.4, -0.2) is 12.9 Å². The molecule has 0 bridgehead atoms. The Morgan fingerprint density at radius 1 is 1.29 bits per heavy atom. The van der Waals surface area contributed by atoms with Crippen molar-refractivity contribution in [2.24, 2.45) is 5.92 Å². The summed E-state index contributed by atoms with van der Waals surface area (Å²) in [6.07, 6.45) is 0. The van der Waals surface area contributed by atoms with Crippen molar-refractivity contribution in [3.05, 3.63) is 53.1 Å². The van der Waals surface area contributed by atoms with Gasteiger partial charge in [0.1, 0.15) is 5.75 Å². The average molecular weight is 336 g/mol. The molecular formula is C20H20N2OS. The number of rotatable bonds is 1. The van der Waals surface area contributed by atoms with Crippen molar-refractivity contribution in [2.75, 3.05) is 18.2 Å². The minimum absolute atomic E-state index is 0.0325. The number of hydrogen-bond donors (Lipinski definition) is 1. The molecule has 2 aromatic rings. The number of hydrogen-bond acceptors (Lipinski definition) is 4. The Morgan fingerprint density at radius 3 is 2.88 bits per heavy atom. The van der Waals surface area contributed by atoms with E-state index in [1.54, 1.807) is 7.11 Å². The zero-order valence-electron chi connectivity index (χ0n) is 14.1. The van der Waals surface area contributed by atoms with E-state index in [9.17, 15) is 5.26 Å². The minimum atomic E-state index is 0.0325. The Hall–Kier alpha value is -2.12. The van der Waals surface area contributed by atoms with Crippen LogP contribution in [0.1, 0.15) is 36.6 Å². The van der Waals surface area contributed by atoms with Gasteiger partial charge >= 0.3 is 0 Å². The van der Waals surface area contributed by atoms with Gasteiger partial charge in [0.25, 0.3) is 0 Å². The third-order valence-corrected chi connectivity index (χ3v) is 6.65. The largest absolute Gasteiger partial charge is 0.496 e. The van der Waals surface area contributed by atoms with Crippen molar-refractivity contribution in [2.45, 2.75) is 30.2 Å². The van der Waals surface area contributed by atoms with E-state index >= 15 is 0 Å². The summed E-state index contributed by atoms with van der Waals surface area (Å²) in [6.45, 7) is 4.63. The summed E-state index contributed by atoms with van der Waals surface area (Å²) in [4.78, 5) is 1.29. The first-order valence-electron chi connectivity index (χ1n) is 8.17. The third kappa shape index (κ3) is 2.12. The van der Waals surface area contributed by atoms with E-state index < -0.39 is 0 Å². The van der Waals surface area contributed by atoms with Gasteiger partial charge in [-0.1, -0.05) is 26.0 Å². The summed E-state index contributed by atoms with van der Waals surface area (Å²) in [5.74, 6) is 2.48. The van der Waals surface area contributed by atoms with Gasteiger partial charge in [-0.3, -0.25) is 0 Å². The zero-order chi connectivity index (χ0) is 16.9. The van der Waals surface area contributed by atoms with Gasteiger partial charge in [0, 0.05) is 27.8 Å². The Labute approximate surface area is 147 Å². The quantitative estimate of drug-likeness (QED) is 0.817. The molecule has 2 aromatic carbocycles. The van der Waals surface area contributed by atoms with Gasteiger partial charge in [-0.2, -0.15) is 5.26 Å². The number of thioether (sulfide) groups is 1. The van der Waals surface area contributed by atoms with Gasteiger partial charge in [-0.25, -0.2) is 0 Å². The van der Waals surface area contributed by atoms with Crippen LogP contribution in [0.5, 0.6) is 5.75 Å². The average Bonchev–Trinajstić information content (AvgIpc) is 2.60. The highest BCUT2D eigenvalue weighted by Gasteiger charge is 2.46. The Morgan fingerprint density at radius 2 is 2.12 bits per heavy atom. The summed E-state index contributed by atoms with van der Waals surface area (Å²) in [7, 11) is 1.74.